The fourth-order valence-electron chi connectivity index (χ4n) is 4.47. The molecule has 0 aromatic rings. The van der Waals surface area contributed by atoms with Gasteiger partial charge in [0.2, 0.25) is 11.8 Å². The maximum absolute atomic E-state index is 13.2. The Morgan fingerprint density at radius 3 is 2.33 bits per heavy atom. The molecule has 21 heavy (non-hydrogen) atoms. The average molecular weight is 292 g/mol. The quantitative estimate of drug-likeness (QED) is 0.869. The summed E-state index contributed by atoms with van der Waals surface area (Å²) < 4.78 is 0. The molecule has 3 rings (SSSR count). The van der Waals surface area contributed by atoms with Crippen LogP contribution in [0.25, 0.3) is 0 Å². The van der Waals surface area contributed by atoms with Crippen LogP contribution in [0.15, 0.2) is 0 Å². The van der Waals surface area contributed by atoms with Crippen LogP contribution in [0.4, 0.5) is 0 Å². The molecular formula is C17H28N2O2. The van der Waals surface area contributed by atoms with E-state index >= 15 is 0 Å². The van der Waals surface area contributed by atoms with E-state index in [0.717, 1.165) is 44.9 Å². The molecule has 4 nitrogen and oxygen atoms in total. The van der Waals surface area contributed by atoms with Gasteiger partial charge in [0.15, 0.2) is 0 Å². The summed E-state index contributed by atoms with van der Waals surface area (Å²) in [6.45, 7) is 4.26. The van der Waals surface area contributed by atoms with Gasteiger partial charge in [-0.3, -0.25) is 9.59 Å². The first-order valence-corrected chi connectivity index (χ1v) is 8.68. The molecule has 1 aliphatic heterocycles. The normalized spacial score (nSPS) is 29.7. The Labute approximate surface area is 127 Å². The molecule has 2 saturated carbocycles. The zero-order chi connectivity index (χ0) is 15.0. The number of piperazine rings is 1. The molecule has 2 amide bonds. The highest BCUT2D eigenvalue weighted by atomic mass is 16.2. The van der Waals surface area contributed by atoms with Crippen molar-refractivity contribution in [3.63, 3.8) is 0 Å². The largest absolute Gasteiger partial charge is 0.340 e. The predicted molar refractivity (Wildman–Crippen MR) is 81.7 cm³/mol. The van der Waals surface area contributed by atoms with Gasteiger partial charge in [-0.15, -0.1) is 0 Å². The van der Waals surface area contributed by atoms with E-state index < -0.39 is 5.54 Å². The van der Waals surface area contributed by atoms with Crippen molar-refractivity contribution in [1.82, 2.24) is 10.2 Å². The van der Waals surface area contributed by atoms with E-state index in [9.17, 15) is 9.59 Å². The first-order chi connectivity index (χ1) is 10.0. The van der Waals surface area contributed by atoms with Gasteiger partial charge in [0.05, 0.1) is 0 Å². The molecule has 3 fully saturated rings. The van der Waals surface area contributed by atoms with Crippen LogP contribution in [0.1, 0.15) is 71.6 Å². The van der Waals surface area contributed by atoms with Crippen molar-refractivity contribution in [2.45, 2.75) is 89.3 Å². The third-order valence-corrected chi connectivity index (χ3v) is 5.51. The molecule has 4 heteroatoms. The summed E-state index contributed by atoms with van der Waals surface area (Å²) in [6.07, 6.45) is 9.08. The molecule has 0 bridgehead atoms. The van der Waals surface area contributed by atoms with Crippen molar-refractivity contribution >= 4 is 11.8 Å². The van der Waals surface area contributed by atoms with Crippen molar-refractivity contribution in [2.75, 3.05) is 0 Å². The number of rotatable bonds is 3. The number of nitrogens with one attached hydrogen (secondary N) is 1. The Morgan fingerprint density at radius 1 is 1.14 bits per heavy atom. The van der Waals surface area contributed by atoms with Crippen LogP contribution >= 0.6 is 0 Å². The van der Waals surface area contributed by atoms with Crippen LogP contribution in [-0.2, 0) is 9.59 Å². The summed E-state index contributed by atoms with van der Waals surface area (Å²) >= 11 is 0. The molecule has 3 aliphatic rings. The molecule has 1 saturated heterocycles. The van der Waals surface area contributed by atoms with Gasteiger partial charge in [0.1, 0.15) is 11.6 Å². The van der Waals surface area contributed by atoms with Crippen LogP contribution in [-0.4, -0.2) is 34.3 Å². The minimum Gasteiger partial charge on any atom is -0.340 e. The highest BCUT2D eigenvalue weighted by Gasteiger charge is 2.53. The van der Waals surface area contributed by atoms with E-state index in [0.29, 0.717) is 12.0 Å². The minimum atomic E-state index is -0.562. The van der Waals surface area contributed by atoms with Crippen molar-refractivity contribution in [1.29, 1.82) is 0 Å². The molecular weight excluding hydrogens is 264 g/mol. The standard InChI is InChI=1S/C17H28N2O2/c1-12(2)11-14-15(20)18-17(9-5-6-10-17)16(21)19(14)13-7-3-4-8-13/h12-14H,3-11H2,1-2H3,(H,18,20). The lowest BCUT2D eigenvalue weighted by Gasteiger charge is -2.47. The van der Waals surface area contributed by atoms with Crippen molar-refractivity contribution < 1.29 is 9.59 Å². The molecule has 1 N–H and O–H groups in total. The zero-order valence-corrected chi connectivity index (χ0v) is 13.4. The number of hydrogen-bond acceptors (Lipinski definition) is 2. The Balaban J connectivity index is 1.90. The lowest BCUT2D eigenvalue weighted by molar-refractivity contribution is -0.158. The SMILES string of the molecule is CC(C)CC1C(=O)NC2(CCCC2)C(=O)N1C1CCCC1. The van der Waals surface area contributed by atoms with Gasteiger partial charge in [-0.1, -0.05) is 39.5 Å². The number of nitrogens with zero attached hydrogens (tertiary/aromatic N) is 1. The fourth-order valence-corrected chi connectivity index (χ4v) is 4.47. The number of amides is 2. The Kier molecular flexibility index (Phi) is 3.98. The lowest BCUT2D eigenvalue weighted by atomic mass is 9.87. The summed E-state index contributed by atoms with van der Waals surface area (Å²) in [5.41, 5.74) is -0.562. The third-order valence-electron chi connectivity index (χ3n) is 5.51. The van der Waals surface area contributed by atoms with Crippen LogP contribution in [0, 0.1) is 5.92 Å². The second kappa shape index (κ2) is 5.62. The maximum Gasteiger partial charge on any atom is 0.249 e. The number of carbonyl (C=O) groups is 2. The second-order valence-electron chi connectivity index (χ2n) is 7.57. The molecule has 118 valence electrons. The summed E-state index contributed by atoms with van der Waals surface area (Å²) in [5.74, 6) is 0.740. The van der Waals surface area contributed by atoms with Gasteiger partial charge in [0, 0.05) is 6.04 Å². The second-order valence-corrected chi connectivity index (χ2v) is 7.57. The molecule has 1 heterocycles. The molecule has 1 unspecified atom stereocenters. The lowest BCUT2D eigenvalue weighted by Crippen LogP contribution is -2.71. The number of carbonyl (C=O) groups excluding carboxylic acids is 2. The molecule has 0 aromatic carbocycles. The van der Waals surface area contributed by atoms with Crippen LogP contribution in [0.2, 0.25) is 0 Å². The number of hydrogen-bond donors (Lipinski definition) is 1. The minimum absolute atomic E-state index is 0.0945. The monoisotopic (exact) mass is 292 g/mol. The molecule has 0 radical (unpaired) electrons. The summed E-state index contributed by atoms with van der Waals surface area (Å²) in [4.78, 5) is 27.9. The van der Waals surface area contributed by atoms with E-state index in [1.165, 1.54) is 12.8 Å². The first kappa shape index (κ1) is 14.9. The van der Waals surface area contributed by atoms with Crippen molar-refractivity contribution in [2.24, 2.45) is 5.92 Å². The van der Waals surface area contributed by atoms with Crippen LogP contribution < -0.4 is 5.32 Å². The first-order valence-electron chi connectivity index (χ1n) is 8.68. The maximum atomic E-state index is 13.2. The predicted octanol–water partition coefficient (Wildman–Crippen LogP) is 2.61. The third kappa shape index (κ3) is 2.58. The van der Waals surface area contributed by atoms with Crippen LogP contribution in [0.5, 0.6) is 0 Å². The highest BCUT2D eigenvalue weighted by molar-refractivity contribution is 6.00. The van der Waals surface area contributed by atoms with Crippen molar-refractivity contribution in [3.8, 4) is 0 Å². The van der Waals surface area contributed by atoms with E-state index in [-0.39, 0.29) is 17.9 Å². The zero-order valence-electron chi connectivity index (χ0n) is 13.4. The van der Waals surface area contributed by atoms with Gasteiger partial charge >= 0.3 is 0 Å². The van der Waals surface area contributed by atoms with E-state index in [2.05, 4.69) is 19.2 Å². The topological polar surface area (TPSA) is 49.4 Å². The summed E-state index contributed by atoms with van der Waals surface area (Å²) in [6, 6.07) is 0.0524. The summed E-state index contributed by atoms with van der Waals surface area (Å²) in [5, 5.41) is 3.12. The molecule has 0 aromatic heterocycles. The Hall–Kier alpha value is -1.06. The van der Waals surface area contributed by atoms with Gasteiger partial charge in [-0.25, -0.2) is 0 Å². The van der Waals surface area contributed by atoms with E-state index in [4.69, 9.17) is 0 Å². The molecule has 1 spiro atoms. The highest BCUT2D eigenvalue weighted by Crippen LogP contribution is 2.38. The van der Waals surface area contributed by atoms with E-state index in [1.54, 1.807) is 0 Å². The summed E-state index contributed by atoms with van der Waals surface area (Å²) in [7, 11) is 0. The van der Waals surface area contributed by atoms with Crippen LogP contribution in [0.3, 0.4) is 0 Å². The Bertz CT molecular complexity index is 421. The molecule has 1 atom stereocenters. The van der Waals surface area contributed by atoms with Gasteiger partial charge in [-0.2, -0.15) is 0 Å². The van der Waals surface area contributed by atoms with Gasteiger partial charge < -0.3 is 10.2 Å². The van der Waals surface area contributed by atoms with E-state index in [1.807, 2.05) is 4.90 Å². The van der Waals surface area contributed by atoms with Crippen molar-refractivity contribution in [3.05, 3.63) is 0 Å². The average Bonchev–Trinajstić information content (AvgIpc) is 3.08. The van der Waals surface area contributed by atoms with Gasteiger partial charge in [-0.05, 0) is 38.0 Å². The molecule has 2 aliphatic carbocycles. The van der Waals surface area contributed by atoms with Gasteiger partial charge in [0.25, 0.3) is 0 Å². The fraction of sp³-hybridized carbons (Fsp3) is 0.882. The Morgan fingerprint density at radius 2 is 1.76 bits per heavy atom. The smallest absolute Gasteiger partial charge is 0.249 e.